The van der Waals surface area contributed by atoms with Crippen LogP contribution in [0.3, 0.4) is 0 Å². The van der Waals surface area contributed by atoms with Crippen molar-refractivity contribution in [2.75, 3.05) is 13.1 Å². The molecule has 1 N–H and O–H groups in total. The third kappa shape index (κ3) is 8.54. The molecule has 1 heterocycles. The van der Waals surface area contributed by atoms with Gasteiger partial charge in [-0.25, -0.2) is 0 Å². The Balaban J connectivity index is 1.56. The monoisotopic (exact) mass is 524 g/mol. The molecule has 4 rings (SSSR count). The molecule has 0 unspecified atom stereocenters. The lowest BCUT2D eigenvalue weighted by Gasteiger charge is -2.24. The van der Waals surface area contributed by atoms with Crippen LogP contribution in [0, 0.1) is 0 Å². The molecular formula is C33H34N2O4. The number of pyridine rings is 1. The van der Waals surface area contributed by atoms with Gasteiger partial charge in [0.2, 0.25) is 0 Å². The van der Waals surface area contributed by atoms with Crippen LogP contribution in [0.25, 0.3) is 11.1 Å². The number of rotatable bonds is 14. The molecule has 39 heavy (non-hydrogen) atoms. The molecule has 1 aromatic heterocycles. The zero-order valence-corrected chi connectivity index (χ0v) is 21.8. The molecule has 0 saturated heterocycles. The van der Waals surface area contributed by atoms with Crippen LogP contribution in [0.5, 0.6) is 5.75 Å². The first-order chi connectivity index (χ1) is 19.8. The quantitative estimate of drug-likeness (QED) is 0.187. The molecule has 0 spiro atoms. The Kier molecular flexibility index (Phi) is 9.23. The fraction of sp³-hybridized carbons (Fsp3) is 0.242. The van der Waals surface area contributed by atoms with Crippen molar-refractivity contribution in [2.45, 2.75) is 38.6 Å². The summed E-state index contributed by atoms with van der Waals surface area (Å²) < 4.78 is 24.0. The van der Waals surface area contributed by atoms with E-state index >= 15 is 0 Å². The van der Waals surface area contributed by atoms with Crippen molar-refractivity contribution in [3.63, 3.8) is 0 Å². The number of para-hydroxylation sites is 1. The van der Waals surface area contributed by atoms with Crippen LogP contribution in [0.15, 0.2) is 103 Å². The van der Waals surface area contributed by atoms with E-state index in [9.17, 15) is 9.59 Å². The van der Waals surface area contributed by atoms with Crippen LogP contribution in [-0.2, 0) is 17.8 Å². The molecule has 200 valence electrons. The molecule has 0 fully saturated rings. The summed E-state index contributed by atoms with van der Waals surface area (Å²) in [6.07, 6.45) is 3.67. The van der Waals surface area contributed by atoms with Gasteiger partial charge < -0.3 is 14.7 Å². The van der Waals surface area contributed by atoms with Crippen LogP contribution in [0.4, 0.5) is 0 Å². The Labute approximate surface area is 232 Å². The molecule has 0 bridgehead atoms. The topological polar surface area (TPSA) is 79.7 Å². The summed E-state index contributed by atoms with van der Waals surface area (Å²) in [5, 5.41) is 8.82. The van der Waals surface area contributed by atoms with Crippen LogP contribution >= 0.6 is 0 Å². The van der Waals surface area contributed by atoms with E-state index in [1.165, 1.54) is 4.90 Å². The lowest BCUT2D eigenvalue weighted by atomic mass is 10.0. The highest BCUT2D eigenvalue weighted by Crippen LogP contribution is 2.23. The zero-order valence-electron chi connectivity index (χ0n) is 23.8. The summed E-state index contributed by atoms with van der Waals surface area (Å²) in [6, 6.07) is 29.7. The number of amides is 1. The van der Waals surface area contributed by atoms with E-state index in [2.05, 4.69) is 4.98 Å². The van der Waals surface area contributed by atoms with Crippen LogP contribution in [0.2, 0.25) is 0 Å². The van der Waals surface area contributed by atoms with Crippen LogP contribution < -0.4 is 4.74 Å². The van der Waals surface area contributed by atoms with Crippen molar-refractivity contribution >= 4 is 11.9 Å². The highest BCUT2D eigenvalue weighted by Gasteiger charge is 2.18. The van der Waals surface area contributed by atoms with Crippen molar-refractivity contribution in [1.29, 1.82) is 0 Å². The summed E-state index contributed by atoms with van der Waals surface area (Å²) in [7, 11) is 0. The van der Waals surface area contributed by atoms with Gasteiger partial charge in [-0.15, -0.1) is 0 Å². The first kappa shape index (κ1) is 24.9. The zero-order chi connectivity index (χ0) is 29.1. The maximum atomic E-state index is 13.9. The van der Waals surface area contributed by atoms with Crippen molar-refractivity contribution in [3.8, 4) is 16.9 Å². The normalized spacial score (nSPS) is 11.8. The number of ether oxygens (including phenoxy) is 1. The second-order valence-corrected chi connectivity index (χ2v) is 9.15. The number of aliphatic carboxylic acids is 1. The Morgan fingerprint density at radius 1 is 0.821 bits per heavy atom. The van der Waals surface area contributed by atoms with E-state index in [4.69, 9.17) is 12.6 Å². The minimum atomic E-state index is -2.05. The number of carboxylic acids is 1. The first-order valence-electron chi connectivity index (χ1n) is 14.1. The number of aromatic nitrogens is 1. The maximum Gasteiger partial charge on any atom is 0.303 e. The number of carbonyl (C=O) groups excluding carboxylic acids is 1. The van der Waals surface area contributed by atoms with Crippen LogP contribution in [0.1, 0.15) is 50.0 Å². The third-order valence-electron chi connectivity index (χ3n) is 6.25. The lowest BCUT2D eigenvalue weighted by molar-refractivity contribution is -0.137. The van der Waals surface area contributed by atoms with E-state index in [-0.39, 0.29) is 19.4 Å². The van der Waals surface area contributed by atoms with Gasteiger partial charge in [0, 0.05) is 51.6 Å². The fourth-order valence-electron chi connectivity index (χ4n) is 4.15. The van der Waals surface area contributed by atoms with Gasteiger partial charge in [-0.1, -0.05) is 66.7 Å². The summed E-state index contributed by atoms with van der Waals surface area (Å²) >= 11 is 0. The van der Waals surface area contributed by atoms with Gasteiger partial charge in [-0.05, 0) is 60.7 Å². The van der Waals surface area contributed by atoms with Crippen molar-refractivity contribution in [3.05, 3.63) is 120 Å². The van der Waals surface area contributed by atoms with E-state index < -0.39 is 18.4 Å². The number of hydrogen-bond donors (Lipinski definition) is 1. The van der Waals surface area contributed by atoms with E-state index in [1.54, 1.807) is 42.6 Å². The number of carbonyl (C=O) groups is 2. The van der Waals surface area contributed by atoms with Crippen LogP contribution in [-0.4, -0.2) is 40.0 Å². The van der Waals surface area contributed by atoms with E-state index in [0.717, 1.165) is 17.5 Å². The van der Waals surface area contributed by atoms with Gasteiger partial charge in [-0.3, -0.25) is 14.6 Å². The van der Waals surface area contributed by atoms with Crippen molar-refractivity contribution < 1.29 is 22.2 Å². The molecule has 0 radical (unpaired) electrons. The van der Waals surface area contributed by atoms with Crippen molar-refractivity contribution in [2.24, 2.45) is 0 Å². The third-order valence-corrected chi connectivity index (χ3v) is 6.25. The summed E-state index contributed by atoms with van der Waals surface area (Å²) in [4.78, 5) is 30.2. The summed E-state index contributed by atoms with van der Waals surface area (Å²) in [5.41, 5.74) is 3.60. The van der Waals surface area contributed by atoms with Gasteiger partial charge in [0.05, 0.1) is 6.61 Å². The largest absolute Gasteiger partial charge is 0.493 e. The lowest BCUT2D eigenvalue weighted by Crippen LogP contribution is -2.32. The van der Waals surface area contributed by atoms with Gasteiger partial charge in [0.1, 0.15) is 5.75 Å². The number of benzene rings is 3. The maximum absolute atomic E-state index is 13.9. The number of carboxylic acid groups (broad SMARTS) is 1. The van der Waals surface area contributed by atoms with Gasteiger partial charge in [0.15, 0.2) is 0 Å². The highest BCUT2D eigenvalue weighted by molar-refractivity contribution is 5.94. The minimum absolute atomic E-state index is 0.00566. The Morgan fingerprint density at radius 3 is 2.28 bits per heavy atom. The Bertz CT molecular complexity index is 1410. The molecule has 0 saturated carbocycles. The van der Waals surface area contributed by atoms with Gasteiger partial charge in [-0.2, -0.15) is 0 Å². The predicted octanol–water partition coefficient (Wildman–Crippen LogP) is 6.66. The molecule has 3 aromatic carbocycles. The number of unbranched alkanes of at least 4 members (excludes halogenated alkanes) is 2. The SMILES string of the molecule is [2H]C([2H])(Cc1ccccn1)N(Cc1ccccc1OCCCCCC(=O)O)C(=O)c1ccc(-c2ccccc2)cc1. The van der Waals surface area contributed by atoms with Crippen molar-refractivity contribution in [1.82, 2.24) is 9.88 Å². The standard InChI is InChI=1S/C33H34N2O4/c36-32(37)16-5-2-10-24-39-31-15-7-6-13-29(31)25-35(23-21-30-14-8-9-22-34-30)33(38)28-19-17-27(18-20-28)26-11-3-1-4-12-26/h1,3-4,6-9,11-15,17-20,22H,2,5,10,16,21,23-25H2,(H,36,37)/i23D2. The average molecular weight is 525 g/mol. The molecule has 6 nitrogen and oxygen atoms in total. The predicted molar refractivity (Wildman–Crippen MR) is 153 cm³/mol. The van der Waals surface area contributed by atoms with E-state index in [0.29, 0.717) is 42.0 Å². The first-order valence-corrected chi connectivity index (χ1v) is 13.1. The smallest absolute Gasteiger partial charge is 0.303 e. The average Bonchev–Trinajstić information content (AvgIpc) is 2.98. The van der Waals surface area contributed by atoms with Gasteiger partial charge >= 0.3 is 5.97 Å². The summed E-state index contributed by atoms with van der Waals surface area (Å²) in [6.45, 7) is -1.66. The second kappa shape index (κ2) is 14.5. The molecule has 0 aliphatic heterocycles. The molecular weight excluding hydrogens is 488 g/mol. The molecule has 6 heteroatoms. The number of hydrogen-bond acceptors (Lipinski definition) is 4. The number of nitrogens with zero attached hydrogens (tertiary/aromatic N) is 2. The molecule has 0 aliphatic carbocycles. The Hall–Kier alpha value is -4.45. The minimum Gasteiger partial charge on any atom is -0.493 e. The second-order valence-electron chi connectivity index (χ2n) is 9.15. The van der Waals surface area contributed by atoms with Gasteiger partial charge in [0.25, 0.3) is 5.91 Å². The molecule has 4 aromatic rings. The van der Waals surface area contributed by atoms with E-state index in [1.807, 2.05) is 60.7 Å². The highest BCUT2D eigenvalue weighted by atomic mass is 16.5. The number of aryl methyl sites for hydroxylation is 1. The Morgan fingerprint density at radius 2 is 1.54 bits per heavy atom. The fourth-order valence-corrected chi connectivity index (χ4v) is 4.15. The molecule has 1 amide bonds. The summed E-state index contributed by atoms with van der Waals surface area (Å²) in [5.74, 6) is -0.679. The molecule has 0 aliphatic rings. The molecule has 0 atom stereocenters.